The molecule has 0 bridgehead atoms. The van der Waals surface area contributed by atoms with Crippen LogP contribution in [0.5, 0.6) is 0 Å². The molecule has 1 unspecified atom stereocenters. The van der Waals surface area contributed by atoms with E-state index in [2.05, 4.69) is 20.9 Å². The zero-order chi connectivity index (χ0) is 21.4. The molecule has 0 aliphatic carbocycles. The molecule has 1 fully saturated rings. The number of likely N-dealkylation sites (tertiary alicyclic amines) is 1. The largest absolute Gasteiger partial charge is 0.401 e. The summed E-state index contributed by atoms with van der Waals surface area (Å²) in [4.78, 5) is 17.5. The Morgan fingerprint density at radius 3 is 2.76 bits per heavy atom. The second-order valence-electron chi connectivity index (χ2n) is 7.75. The van der Waals surface area contributed by atoms with Crippen molar-refractivity contribution >= 4 is 17.6 Å². The van der Waals surface area contributed by atoms with Crippen LogP contribution in [0.2, 0.25) is 0 Å². The first kappa shape index (κ1) is 23.0. The summed E-state index contributed by atoms with van der Waals surface area (Å²) in [6.45, 7) is 4.32. The van der Waals surface area contributed by atoms with Gasteiger partial charge < -0.3 is 16.0 Å². The average Bonchev–Trinajstić information content (AvgIpc) is 3.03. The SMILES string of the molecule is CN=C(NCc1cccc(NC(=O)CC(C)C)c1)NC1CCN(CC(F)(F)F)C1. The normalized spacial score (nSPS) is 18.2. The summed E-state index contributed by atoms with van der Waals surface area (Å²) >= 11 is 0. The Hall–Kier alpha value is -2.29. The van der Waals surface area contributed by atoms with Gasteiger partial charge in [-0.3, -0.25) is 14.7 Å². The van der Waals surface area contributed by atoms with Crippen molar-refractivity contribution in [3.8, 4) is 0 Å². The van der Waals surface area contributed by atoms with Gasteiger partial charge >= 0.3 is 6.18 Å². The monoisotopic (exact) mass is 413 g/mol. The number of halogens is 3. The van der Waals surface area contributed by atoms with Gasteiger partial charge in [-0.1, -0.05) is 26.0 Å². The van der Waals surface area contributed by atoms with E-state index >= 15 is 0 Å². The lowest BCUT2D eigenvalue weighted by atomic mass is 10.1. The molecule has 29 heavy (non-hydrogen) atoms. The Labute approximate surface area is 169 Å². The quantitative estimate of drug-likeness (QED) is 0.475. The molecule has 0 aromatic heterocycles. The lowest BCUT2D eigenvalue weighted by Crippen LogP contribution is -2.44. The molecular formula is C20H30F3N5O. The number of guanidine groups is 1. The Morgan fingerprint density at radius 2 is 2.10 bits per heavy atom. The van der Waals surface area contributed by atoms with Crippen LogP contribution in [0.1, 0.15) is 32.3 Å². The molecule has 1 aromatic rings. The molecule has 1 atom stereocenters. The van der Waals surface area contributed by atoms with E-state index in [9.17, 15) is 18.0 Å². The summed E-state index contributed by atoms with van der Waals surface area (Å²) in [6, 6.07) is 7.44. The van der Waals surface area contributed by atoms with Gasteiger partial charge in [0.05, 0.1) is 6.54 Å². The Bertz CT molecular complexity index is 706. The van der Waals surface area contributed by atoms with Crippen LogP contribution >= 0.6 is 0 Å². The molecule has 1 saturated heterocycles. The molecule has 6 nitrogen and oxygen atoms in total. The molecule has 2 rings (SSSR count). The topological polar surface area (TPSA) is 68.8 Å². The molecule has 1 aliphatic rings. The fourth-order valence-corrected chi connectivity index (χ4v) is 3.26. The van der Waals surface area contributed by atoms with Gasteiger partial charge in [0.1, 0.15) is 0 Å². The first-order chi connectivity index (χ1) is 13.6. The van der Waals surface area contributed by atoms with Crippen molar-refractivity contribution in [1.29, 1.82) is 0 Å². The lowest BCUT2D eigenvalue weighted by Gasteiger charge is -2.20. The van der Waals surface area contributed by atoms with Crippen molar-refractivity contribution in [3.63, 3.8) is 0 Å². The molecule has 1 aliphatic heterocycles. The van der Waals surface area contributed by atoms with Gasteiger partial charge in [0.2, 0.25) is 5.91 Å². The molecule has 0 radical (unpaired) electrons. The van der Waals surface area contributed by atoms with E-state index in [1.807, 2.05) is 38.1 Å². The first-order valence-electron chi connectivity index (χ1n) is 9.79. The third kappa shape index (κ3) is 8.72. The molecule has 162 valence electrons. The Morgan fingerprint density at radius 1 is 1.34 bits per heavy atom. The number of aliphatic imine (C=N–C) groups is 1. The molecule has 9 heteroatoms. The van der Waals surface area contributed by atoms with Crippen LogP contribution in [0.3, 0.4) is 0 Å². The first-order valence-corrected chi connectivity index (χ1v) is 9.79. The summed E-state index contributed by atoms with van der Waals surface area (Å²) in [5.41, 5.74) is 1.69. The van der Waals surface area contributed by atoms with E-state index in [0.29, 0.717) is 38.4 Å². The van der Waals surface area contributed by atoms with Crippen molar-refractivity contribution in [1.82, 2.24) is 15.5 Å². The maximum absolute atomic E-state index is 12.5. The van der Waals surface area contributed by atoms with Gasteiger partial charge in [-0.2, -0.15) is 13.2 Å². The van der Waals surface area contributed by atoms with Crippen molar-refractivity contribution in [3.05, 3.63) is 29.8 Å². The number of carbonyl (C=O) groups excluding carboxylic acids is 1. The highest BCUT2D eigenvalue weighted by molar-refractivity contribution is 5.90. The van der Waals surface area contributed by atoms with Crippen LogP contribution < -0.4 is 16.0 Å². The number of nitrogens with zero attached hydrogens (tertiary/aromatic N) is 2. The average molecular weight is 413 g/mol. The summed E-state index contributed by atoms with van der Waals surface area (Å²) in [5.74, 6) is 0.808. The van der Waals surface area contributed by atoms with Crippen LogP contribution in [-0.2, 0) is 11.3 Å². The van der Waals surface area contributed by atoms with Crippen LogP contribution in [0.4, 0.5) is 18.9 Å². The Kier molecular flexibility index (Phi) is 8.31. The predicted octanol–water partition coefficient (Wildman–Crippen LogP) is 2.97. The number of alkyl halides is 3. The van der Waals surface area contributed by atoms with Gasteiger partial charge in [0, 0.05) is 44.8 Å². The van der Waals surface area contributed by atoms with E-state index in [1.54, 1.807) is 7.05 Å². The minimum Gasteiger partial charge on any atom is -0.352 e. The molecule has 1 aromatic carbocycles. The van der Waals surface area contributed by atoms with Gasteiger partial charge in [0.25, 0.3) is 0 Å². The lowest BCUT2D eigenvalue weighted by molar-refractivity contribution is -0.143. The zero-order valence-corrected chi connectivity index (χ0v) is 17.1. The molecule has 3 N–H and O–H groups in total. The van der Waals surface area contributed by atoms with Gasteiger partial charge in [-0.25, -0.2) is 0 Å². The van der Waals surface area contributed by atoms with E-state index in [0.717, 1.165) is 11.3 Å². The third-order valence-corrected chi connectivity index (χ3v) is 4.50. The number of hydrogen-bond acceptors (Lipinski definition) is 3. The van der Waals surface area contributed by atoms with Gasteiger partial charge in [-0.15, -0.1) is 0 Å². The summed E-state index contributed by atoms with van der Waals surface area (Å²) < 4.78 is 37.6. The molecule has 0 saturated carbocycles. The van der Waals surface area contributed by atoms with Crippen LogP contribution in [0.25, 0.3) is 0 Å². The van der Waals surface area contributed by atoms with Crippen molar-refractivity contribution in [2.75, 3.05) is 32.0 Å². The number of benzene rings is 1. The van der Waals surface area contributed by atoms with Crippen LogP contribution in [0, 0.1) is 5.92 Å². The smallest absolute Gasteiger partial charge is 0.352 e. The maximum Gasteiger partial charge on any atom is 0.401 e. The van der Waals surface area contributed by atoms with E-state index in [-0.39, 0.29) is 17.9 Å². The predicted molar refractivity (Wildman–Crippen MR) is 109 cm³/mol. The van der Waals surface area contributed by atoms with Crippen molar-refractivity contribution in [2.45, 2.75) is 45.5 Å². The summed E-state index contributed by atoms with van der Waals surface area (Å²) in [5, 5.41) is 9.24. The van der Waals surface area contributed by atoms with Crippen LogP contribution in [0.15, 0.2) is 29.3 Å². The standard InChI is InChI=1S/C20H30F3N5O/c1-14(2)9-18(29)26-16-6-4-5-15(10-16)11-25-19(24-3)27-17-7-8-28(12-17)13-20(21,22)23/h4-6,10,14,17H,7-9,11-13H2,1-3H3,(H,26,29)(H2,24,25,27). The van der Waals surface area contributed by atoms with E-state index in [4.69, 9.17) is 0 Å². The minimum atomic E-state index is -4.18. The molecular weight excluding hydrogens is 383 g/mol. The van der Waals surface area contributed by atoms with E-state index < -0.39 is 12.7 Å². The maximum atomic E-state index is 12.5. The highest BCUT2D eigenvalue weighted by Crippen LogP contribution is 2.20. The summed E-state index contributed by atoms with van der Waals surface area (Å²) in [6.07, 6.45) is -3.08. The fourth-order valence-electron chi connectivity index (χ4n) is 3.26. The van der Waals surface area contributed by atoms with Crippen LogP contribution in [-0.4, -0.2) is 55.7 Å². The number of carbonyl (C=O) groups is 1. The van der Waals surface area contributed by atoms with Crippen molar-refractivity contribution in [2.24, 2.45) is 10.9 Å². The highest BCUT2D eigenvalue weighted by atomic mass is 19.4. The van der Waals surface area contributed by atoms with Gasteiger partial charge in [0.15, 0.2) is 5.96 Å². The van der Waals surface area contributed by atoms with E-state index in [1.165, 1.54) is 4.90 Å². The second-order valence-corrected chi connectivity index (χ2v) is 7.75. The molecule has 1 heterocycles. The Balaban J connectivity index is 1.82. The minimum absolute atomic E-state index is 0.0211. The van der Waals surface area contributed by atoms with Crippen molar-refractivity contribution < 1.29 is 18.0 Å². The van der Waals surface area contributed by atoms with Gasteiger partial charge in [-0.05, 0) is 30.0 Å². The number of nitrogens with one attached hydrogen (secondary N) is 3. The number of anilines is 1. The number of rotatable bonds is 7. The number of hydrogen-bond donors (Lipinski definition) is 3. The molecule has 1 amide bonds. The third-order valence-electron chi connectivity index (χ3n) is 4.50. The zero-order valence-electron chi connectivity index (χ0n) is 17.1. The highest BCUT2D eigenvalue weighted by Gasteiger charge is 2.34. The second kappa shape index (κ2) is 10.5. The molecule has 0 spiro atoms. The number of amides is 1. The fraction of sp³-hybridized carbons (Fsp3) is 0.600. The summed E-state index contributed by atoms with van der Waals surface area (Å²) in [7, 11) is 1.63.